The van der Waals surface area contributed by atoms with Gasteiger partial charge in [0.2, 0.25) is 5.43 Å². The maximum atomic E-state index is 16.6. The molecular formula is C36H29F3N2O6. The molecule has 1 aliphatic rings. The van der Waals surface area contributed by atoms with Crippen LogP contribution in [0.25, 0.3) is 16.6 Å². The predicted octanol–water partition coefficient (Wildman–Crippen LogP) is 7.08. The molecule has 6 rings (SSSR count). The first kappa shape index (κ1) is 31.4. The van der Waals surface area contributed by atoms with Gasteiger partial charge in [0, 0.05) is 11.9 Å². The summed E-state index contributed by atoms with van der Waals surface area (Å²) in [6.07, 6.45) is 0.260. The fraction of sp³-hybridized carbons (Fsp3) is 0.194. The van der Waals surface area contributed by atoms with Gasteiger partial charge in [-0.15, -0.1) is 0 Å². The molecule has 11 heteroatoms. The number of benzene rings is 4. The van der Waals surface area contributed by atoms with Crippen LogP contribution in [0.3, 0.4) is 0 Å². The molecule has 5 aromatic rings. The molecule has 1 heterocycles. The van der Waals surface area contributed by atoms with Crippen molar-refractivity contribution in [2.24, 2.45) is 0 Å². The summed E-state index contributed by atoms with van der Waals surface area (Å²) in [6.45, 7) is 1.60. The van der Waals surface area contributed by atoms with Gasteiger partial charge in [0.25, 0.3) is 0 Å². The van der Waals surface area contributed by atoms with Gasteiger partial charge in [-0.25, -0.2) is 22.8 Å². The Labute approximate surface area is 267 Å². The number of ether oxygens (including phenoxy) is 3. The van der Waals surface area contributed by atoms with Gasteiger partial charge in [0.05, 0.1) is 28.6 Å². The third-order valence-corrected chi connectivity index (χ3v) is 7.91. The number of esters is 1. The summed E-state index contributed by atoms with van der Waals surface area (Å²) in [5.41, 5.74) is -2.99. The molecule has 8 nitrogen and oxygen atoms in total. The minimum Gasteiger partial charge on any atom is -0.489 e. The van der Waals surface area contributed by atoms with Crippen LogP contribution in [0, 0.1) is 17.5 Å². The number of halogens is 3. The highest BCUT2D eigenvalue weighted by Crippen LogP contribution is 2.49. The molecule has 1 fully saturated rings. The number of fused-ring (bicyclic) bond motifs is 1. The SMILES string of the molecule is CCOC(=O)c1cn(-c2ccc(OCc3ccccc3)cc2)c2c(F)c(C3(NC(=O)OCc4ccccc4)CC3)c(F)c(F)c2c1=O. The molecule has 0 saturated heterocycles. The van der Waals surface area contributed by atoms with Crippen LogP contribution in [0.1, 0.15) is 46.8 Å². The summed E-state index contributed by atoms with van der Waals surface area (Å²) in [5.74, 6) is -5.19. The number of carbonyl (C=O) groups is 2. The second kappa shape index (κ2) is 13.0. The number of aromatic nitrogens is 1. The standard InChI is InChI=1S/C36H29F3N2O6/c1-2-45-34(43)26-19-41(24-13-15-25(16-14-24)46-20-22-9-5-3-6-10-22)32-27(33(26)42)29(37)30(38)28(31(32)39)36(17-18-36)40-35(44)47-21-23-11-7-4-8-12-23/h3-16,19H,2,17-18,20-21H2,1H3,(H,40,44). The lowest BCUT2D eigenvalue weighted by molar-refractivity contribution is 0.0524. The van der Waals surface area contributed by atoms with Gasteiger partial charge in [0.15, 0.2) is 17.5 Å². The number of hydrogen-bond acceptors (Lipinski definition) is 6. The second-order valence-corrected chi connectivity index (χ2v) is 11.0. The summed E-state index contributed by atoms with van der Waals surface area (Å²) in [4.78, 5) is 38.9. The normalized spacial score (nSPS) is 13.2. The van der Waals surface area contributed by atoms with Gasteiger partial charge in [-0.2, -0.15) is 0 Å². The summed E-state index contributed by atoms with van der Waals surface area (Å²) in [6, 6.07) is 24.4. The molecule has 47 heavy (non-hydrogen) atoms. The van der Waals surface area contributed by atoms with Crippen LogP contribution in [0.2, 0.25) is 0 Å². The van der Waals surface area contributed by atoms with Crippen molar-refractivity contribution in [3.8, 4) is 11.4 Å². The third-order valence-electron chi connectivity index (χ3n) is 7.91. The molecule has 0 aliphatic heterocycles. The molecule has 1 amide bonds. The maximum absolute atomic E-state index is 16.6. The lowest BCUT2D eigenvalue weighted by Crippen LogP contribution is -2.37. The largest absolute Gasteiger partial charge is 0.489 e. The van der Waals surface area contributed by atoms with Crippen molar-refractivity contribution >= 4 is 23.0 Å². The first-order valence-corrected chi connectivity index (χ1v) is 14.9. The van der Waals surface area contributed by atoms with Crippen molar-refractivity contribution in [3.63, 3.8) is 0 Å². The van der Waals surface area contributed by atoms with E-state index in [4.69, 9.17) is 14.2 Å². The number of pyridine rings is 1. The van der Waals surface area contributed by atoms with Crippen LogP contribution in [0.15, 0.2) is 95.9 Å². The minimum absolute atomic E-state index is 0.0881. The number of amides is 1. The minimum atomic E-state index is -1.66. The van der Waals surface area contributed by atoms with Gasteiger partial charge in [-0.3, -0.25) is 4.79 Å². The molecule has 4 aromatic carbocycles. The molecule has 0 bridgehead atoms. The van der Waals surface area contributed by atoms with Crippen molar-refractivity contribution in [2.45, 2.75) is 38.5 Å². The summed E-state index contributed by atoms with van der Waals surface area (Å²) < 4.78 is 65.6. The van der Waals surface area contributed by atoms with Gasteiger partial charge in [0.1, 0.15) is 24.5 Å². The number of nitrogens with one attached hydrogen (secondary N) is 1. The predicted molar refractivity (Wildman–Crippen MR) is 167 cm³/mol. The number of rotatable bonds is 10. The van der Waals surface area contributed by atoms with E-state index in [0.717, 1.165) is 16.3 Å². The fourth-order valence-electron chi connectivity index (χ4n) is 5.41. The summed E-state index contributed by atoms with van der Waals surface area (Å²) >= 11 is 0. The zero-order chi connectivity index (χ0) is 33.1. The van der Waals surface area contributed by atoms with E-state index in [1.807, 2.05) is 30.3 Å². The fourth-order valence-corrected chi connectivity index (χ4v) is 5.41. The van der Waals surface area contributed by atoms with E-state index in [0.29, 0.717) is 11.3 Å². The average Bonchev–Trinajstić information content (AvgIpc) is 3.86. The third kappa shape index (κ3) is 6.29. The monoisotopic (exact) mass is 642 g/mol. The molecule has 1 aliphatic carbocycles. The molecular weight excluding hydrogens is 613 g/mol. The smallest absolute Gasteiger partial charge is 0.408 e. The molecule has 0 radical (unpaired) electrons. The highest BCUT2D eigenvalue weighted by Gasteiger charge is 2.51. The quantitative estimate of drug-likeness (QED) is 0.129. The molecule has 1 aromatic heterocycles. The van der Waals surface area contributed by atoms with Gasteiger partial charge in [-0.1, -0.05) is 60.7 Å². The van der Waals surface area contributed by atoms with Gasteiger partial charge >= 0.3 is 12.1 Å². The van der Waals surface area contributed by atoms with Crippen molar-refractivity contribution < 1.29 is 37.0 Å². The van der Waals surface area contributed by atoms with Gasteiger partial charge < -0.3 is 24.1 Å². The first-order chi connectivity index (χ1) is 22.7. The Morgan fingerprint density at radius 2 is 1.43 bits per heavy atom. The summed E-state index contributed by atoms with van der Waals surface area (Å²) in [7, 11) is 0. The van der Waals surface area contributed by atoms with Crippen LogP contribution >= 0.6 is 0 Å². The molecule has 0 unspecified atom stereocenters. The molecule has 1 saturated carbocycles. The van der Waals surface area contributed by atoms with Crippen LogP contribution in [0.5, 0.6) is 5.75 Å². The van der Waals surface area contributed by atoms with E-state index in [9.17, 15) is 14.4 Å². The number of nitrogens with zero attached hydrogens (tertiary/aromatic N) is 1. The van der Waals surface area contributed by atoms with Gasteiger partial charge in [-0.05, 0) is 55.2 Å². The average molecular weight is 643 g/mol. The topological polar surface area (TPSA) is 95.9 Å². The molecule has 240 valence electrons. The van der Waals surface area contributed by atoms with E-state index in [1.165, 1.54) is 19.1 Å². The van der Waals surface area contributed by atoms with E-state index in [1.54, 1.807) is 42.5 Å². The Kier molecular flexibility index (Phi) is 8.71. The van der Waals surface area contributed by atoms with Crippen molar-refractivity contribution in [1.82, 2.24) is 9.88 Å². The zero-order valence-corrected chi connectivity index (χ0v) is 25.2. The Hall–Kier alpha value is -5.58. The van der Waals surface area contributed by atoms with Crippen LogP contribution in [-0.2, 0) is 28.2 Å². The number of carbonyl (C=O) groups excluding carboxylic acids is 2. The van der Waals surface area contributed by atoms with Crippen LogP contribution in [0.4, 0.5) is 18.0 Å². The molecule has 0 atom stereocenters. The van der Waals surface area contributed by atoms with E-state index in [-0.39, 0.29) is 38.3 Å². The van der Waals surface area contributed by atoms with Crippen molar-refractivity contribution in [1.29, 1.82) is 0 Å². The first-order valence-electron chi connectivity index (χ1n) is 14.9. The van der Waals surface area contributed by atoms with Crippen molar-refractivity contribution in [3.05, 3.63) is 141 Å². The Bertz CT molecular complexity index is 2010. The highest BCUT2D eigenvalue weighted by molar-refractivity contribution is 5.95. The lowest BCUT2D eigenvalue weighted by atomic mass is 9.98. The van der Waals surface area contributed by atoms with Crippen molar-refractivity contribution in [2.75, 3.05) is 6.61 Å². The lowest BCUT2D eigenvalue weighted by Gasteiger charge is -2.22. The Morgan fingerprint density at radius 3 is 2.02 bits per heavy atom. The van der Waals surface area contributed by atoms with E-state index >= 15 is 13.2 Å². The maximum Gasteiger partial charge on any atom is 0.408 e. The Balaban J connectivity index is 1.41. The number of hydrogen-bond donors (Lipinski definition) is 1. The molecule has 1 N–H and O–H groups in total. The highest BCUT2D eigenvalue weighted by atomic mass is 19.2. The van der Waals surface area contributed by atoms with E-state index < -0.39 is 62.5 Å². The van der Waals surface area contributed by atoms with E-state index in [2.05, 4.69) is 5.32 Å². The second-order valence-electron chi connectivity index (χ2n) is 11.0. The molecule has 0 spiro atoms. The number of alkyl carbamates (subject to hydrolysis) is 1. The van der Waals surface area contributed by atoms with Crippen LogP contribution < -0.4 is 15.5 Å². The Morgan fingerprint density at radius 1 is 0.809 bits per heavy atom. The van der Waals surface area contributed by atoms with Crippen LogP contribution in [-0.4, -0.2) is 23.2 Å². The summed E-state index contributed by atoms with van der Waals surface area (Å²) in [5, 5.41) is 1.53. The zero-order valence-electron chi connectivity index (χ0n) is 25.2.